The zero-order valence-corrected chi connectivity index (χ0v) is 19.5. The Morgan fingerprint density at radius 2 is 2.03 bits per heavy atom. The Morgan fingerprint density at radius 3 is 2.71 bits per heavy atom. The maximum absolute atomic E-state index is 11.5. The van der Waals surface area contributed by atoms with E-state index < -0.39 is 9.84 Å². The van der Waals surface area contributed by atoms with Crippen LogP contribution >= 0.6 is 0 Å². The molecule has 1 saturated carbocycles. The maximum atomic E-state index is 11.5. The largest absolute Gasteiger partial charge is 0.478 e. The fourth-order valence-electron chi connectivity index (χ4n) is 4.60. The molecule has 4 rings (SSSR count). The summed E-state index contributed by atoms with van der Waals surface area (Å²) in [5.41, 5.74) is 1.06. The van der Waals surface area contributed by atoms with Crippen LogP contribution in [-0.4, -0.2) is 50.0 Å². The third kappa shape index (κ3) is 5.59. The first kappa shape index (κ1) is 22.1. The van der Waals surface area contributed by atoms with E-state index in [0.717, 1.165) is 55.3 Å². The number of piperidine rings is 1. The average Bonchev–Trinajstić information content (AvgIpc) is 3.54. The van der Waals surface area contributed by atoms with E-state index in [1.54, 1.807) is 12.1 Å². The van der Waals surface area contributed by atoms with Gasteiger partial charge in [-0.3, -0.25) is 0 Å². The second kappa shape index (κ2) is 9.18. The predicted molar refractivity (Wildman–Crippen MR) is 119 cm³/mol. The molecule has 1 aromatic heterocycles. The standard InChI is InChI=1S/C23H33N3O4S/c1-16-4-7-23(30-25-17(16)2)26-11-8-18(9-12-26)21-14-19(21)10-13-29-22-6-5-20(15-24-22)31(3,27)28/h5-7,15-16,18-19,21H,4,8-14H2,1-3H3. The topological polar surface area (TPSA) is 81.1 Å². The third-order valence-corrected chi connectivity index (χ3v) is 8.05. The molecule has 3 atom stereocenters. The van der Waals surface area contributed by atoms with E-state index in [1.165, 1.54) is 31.7 Å². The molecule has 31 heavy (non-hydrogen) atoms. The summed E-state index contributed by atoms with van der Waals surface area (Å²) in [6.45, 7) is 6.92. The van der Waals surface area contributed by atoms with Gasteiger partial charge in [-0.25, -0.2) is 13.4 Å². The van der Waals surface area contributed by atoms with Gasteiger partial charge in [-0.1, -0.05) is 12.1 Å². The summed E-state index contributed by atoms with van der Waals surface area (Å²) in [5.74, 6) is 4.17. The molecule has 0 amide bonds. The number of ether oxygens (including phenoxy) is 1. The third-order valence-electron chi connectivity index (χ3n) is 6.95. The Kier molecular flexibility index (Phi) is 6.55. The molecule has 3 unspecified atom stereocenters. The van der Waals surface area contributed by atoms with Gasteiger partial charge in [-0.15, -0.1) is 0 Å². The van der Waals surface area contributed by atoms with Crippen LogP contribution in [0.5, 0.6) is 5.88 Å². The molecule has 1 saturated heterocycles. The van der Waals surface area contributed by atoms with Crippen molar-refractivity contribution >= 4 is 15.5 Å². The summed E-state index contributed by atoms with van der Waals surface area (Å²) in [6.07, 6.45) is 10.4. The normalized spacial score (nSPS) is 27.1. The van der Waals surface area contributed by atoms with Gasteiger partial charge in [0.15, 0.2) is 9.84 Å². The van der Waals surface area contributed by atoms with Crippen molar-refractivity contribution in [2.24, 2.45) is 28.8 Å². The molecule has 7 nitrogen and oxygen atoms in total. The van der Waals surface area contributed by atoms with Crippen molar-refractivity contribution in [2.75, 3.05) is 26.0 Å². The molecule has 0 radical (unpaired) electrons. The van der Waals surface area contributed by atoms with Gasteiger partial charge in [-0.05, 0) is 68.9 Å². The van der Waals surface area contributed by atoms with Crippen LogP contribution in [0.2, 0.25) is 0 Å². The predicted octanol–water partition coefficient (Wildman–Crippen LogP) is 3.88. The number of likely N-dealkylation sites (tertiary alicyclic amines) is 1. The smallest absolute Gasteiger partial charge is 0.221 e. The zero-order chi connectivity index (χ0) is 22.0. The Hall–Kier alpha value is -2.09. The number of hydrogen-bond donors (Lipinski definition) is 0. The summed E-state index contributed by atoms with van der Waals surface area (Å²) in [7, 11) is -3.22. The molecule has 0 spiro atoms. The number of pyridine rings is 1. The lowest BCUT2D eigenvalue weighted by Crippen LogP contribution is -2.34. The molecule has 170 valence electrons. The highest BCUT2D eigenvalue weighted by atomic mass is 32.2. The second-order valence-electron chi connectivity index (χ2n) is 9.23. The van der Waals surface area contributed by atoms with Gasteiger partial charge in [-0.2, -0.15) is 0 Å². The number of nitrogens with zero attached hydrogens (tertiary/aromatic N) is 3. The molecule has 3 heterocycles. The summed E-state index contributed by atoms with van der Waals surface area (Å²) in [6, 6.07) is 3.18. The van der Waals surface area contributed by atoms with Crippen LogP contribution in [0.4, 0.5) is 0 Å². The molecule has 8 heteroatoms. The Bertz CT molecular complexity index is 934. The highest BCUT2D eigenvalue weighted by Gasteiger charge is 2.43. The van der Waals surface area contributed by atoms with Crippen molar-refractivity contribution in [3.05, 3.63) is 30.3 Å². The van der Waals surface area contributed by atoms with E-state index in [2.05, 4.69) is 28.0 Å². The lowest BCUT2D eigenvalue weighted by Gasteiger charge is -2.33. The van der Waals surface area contributed by atoms with Gasteiger partial charge >= 0.3 is 0 Å². The van der Waals surface area contributed by atoms with Crippen molar-refractivity contribution in [1.29, 1.82) is 0 Å². The molecule has 1 aliphatic carbocycles. The van der Waals surface area contributed by atoms with Crippen LogP contribution in [0.3, 0.4) is 0 Å². The minimum absolute atomic E-state index is 0.218. The summed E-state index contributed by atoms with van der Waals surface area (Å²) in [4.78, 5) is 12.4. The number of sulfone groups is 1. The SMILES string of the molecule is CC1=NOC(N2CCC(C3CC3CCOc3ccc(S(C)(=O)=O)cn3)CC2)=CCC1C. The van der Waals surface area contributed by atoms with E-state index in [0.29, 0.717) is 18.4 Å². The molecule has 1 aromatic rings. The van der Waals surface area contributed by atoms with Gasteiger partial charge in [0.2, 0.25) is 11.8 Å². The lowest BCUT2D eigenvalue weighted by atomic mass is 9.90. The first-order chi connectivity index (χ1) is 14.8. The molecule has 0 aromatic carbocycles. The van der Waals surface area contributed by atoms with Crippen LogP contribution in [0.15, 0.2) is 40.3 Å². The molecule has 2 fully saturated rings. The average molecular weight is 448 g/mol. The Morgan fingerprint density at radius 1 is 1.26 bits per heavy atom. The fourth-order valence-corrected chi connectivity index (χ4v) is 5.16. The minimum atomic E-state index is -3.22. The van der Waals surface area contributed by atoms with Gasteiger partial charge in [0, 0.05) is 37.5 Å². The summed E-state index contributed by atoms with van der Waals surface area (Å²) < 4.78 is 28.7. The maximum Gasteiger partial charge on any atom is 0.221 e. The van der Waals surface area contributed by atoms with Crippen molar-refractivity contribution < 1.29 is 18.0 Å². The van der Waals surface area contributed by atoms with Gasteiger partial charge < -0.3 is 14.5 Å². The first-order valence-corrected chi connectivity index (χ1v) is 13.2. The quantitative estimate of drug-likeness (QED) is 0.631. The van der Waals surface area contributed by atoms with Crippen LogP contribution in [0.1, 0.15) is 46.0 Å². The second-order valence-corrected chi connectivity index (χ2v) is 11.2. The fraction of sp³-hybridized carbons (Fsp3) is 0.652. The molecule has 3 aliphatic rings. The van der Waals surface area contributed by atoms with Crippen LogP contribution in [0.25, 0.3) is 0 Å². The first-order valence-electron chi connectivity index (χ1n) is 11.3. The number of aromatic nitrogens is 1. The molecule has 0 N–H and O–H groups in total. The van der Waals surface area contributed by atoms with E-state index in [1.807, 2.05) is 6.92 Å². The van der Waals surface area contributed by atoms with Gasteiger partial charge in [0.05, 0.1) is 17.2 Å². The monoisotopic (exact) mass is 447 g/mol. The molecule has 0 bridgehead atoms. The number of hydrogen-bond acceptors (Lipinski definition) is 7. The highest BCUT2D eigenvalue weighted by molar-refractivity contribution is 7.90. The van der Waals surface area contributed by atoms with Crippen molar-refractivity contribution in [1.82, 2.24) is 9.88 Å². The summed E-state index contributed by atoms with van der Waals surface area (Å²) >= 11 is 0. The van der Waals surface area contributed by atoms with Gasteiger partial charge in [0.1, 0.15) is 0 Å². The number of oxime groups is 1. The number of allylic oxidation sites excluding steroid dienone is 1. The van der Waals surface area contributed by atoms with Crippen LogP contribution in [-0.2, 0) is 14.7 Å². The van der Waals surface area contributed by atoms with Gasteiger partial charge in [0.25, 0.3) is 0 Å². The molecular formula is C23H33N3O4S. The van der Waals surface area contributed by atoms with Crippen molar-refractivity contribution in [3.63, 3.8) is 0 Å². The number of rotatable bonds is 7. The molecular weight excluding hydrogens is 414 g/mol. The Balaban J connectivity index is 1.17. The van der Waals surface area contributed by atoms with E-state index in [4.69, 9.17) is 9.57 Å². The van der Waals surface area contributed by atoms with E-state index >= 15 is 0 Å². The minimum Gasteiger partial charge on any atom is -0.478 e. The zero-order valence-electron chi connectivity index (χ0n) is 18.7. The Labute approximate surface area is 185 Å². The van der Waals surface area contributed by atoms with Crippen molar-refractivity contribution in [3.8, 4) is 5.88 Å². The van der Waals surface area contributed by atoms with Crippen LogP contribution < -0.4 is 4.74 Å². The van der Waals surface area contributed by atoms with Crippen molar-refractivity contribution in [2.45, 2.75) is 50.8 Å². The molecule has 2 aliphatic heterocycles. The van der Waals surface area contributed by atoms with E-state index in [-0.39, 0.29) is 4.90 Å². The van der Waals surface area contributed by atoms with E-state index in [9.17, 15) is 8.42 Å². The summed E-state index contributed by atoms with van der Waals surface area (Å²) in [5, 5.41) is 4.27. The highest BCUT2D eigenvalue weighted by Crippen LogP contribution is 2.50. The lowest BCUT2D eigenvalue weighted by molar-refractivity contribution is 0.0867. The van der Waals surface area contributed by atoms with Crippen LogP contribution in [0, 0.1) is 23.7 Å².